The number of nitrogens with two attached hydrogens (primary N) is 1. The molecule has 37 heavy (non-hydrogen) atoms. The Hall–Kier alpha value is -3.92. The van der Waals surface area contributed by atoms with Gasteiger partial charge >= 0.3 is 5.97 Å². The molecule has 196 valence electrons. The Morgan fingerprint density at radius 1 is 1.19 bits per heavy atom. The maximum atomic E-state index is 13.0. The number of aromatic amines is 1. The van der Waals surface area contributed by atoms with Crippen molar-refractivity contribution in [1.29, 1.82) is 5.41 Å². The predicted octanol–water partition coefficient (Wildman–Crippen LogP) is 2.97. The van der Waals surface area contributed by atoms with Crippen molar-refractivity contribution in [2.75, 3.05) is 31.6 Å². The van der Waals surface area contributed by atoms with Crippen LogP contribution in [0.1, 0.15) is 54.7 Å². The number of aryl methyl sites for hydroxylation is 1. The summed E-state index contributed by atoms with van der Waals surface area (Å²) in [6.45, 7) is 6.17. The Kier molecular flexibility index (Phi) is 8.39. The number of nitrogen functional groups attached to an aromatic ring is 1. The van der Waals surface area contributed by atoms with Crippen LogP contribution >= 0.6 is 0 Å². The third kappa shape index (κ3) is 6.45. The van der Waals surface area contributed by atoms with E-state index in [4.69, 9.17) is 20.9 Å². The molecule has 2 heterocycles. The molecule has 0 spiro atoms. The van der Waals surface area contributed by atoms with E-state index in [1.165, 1.54) is 0 Å². The highest BCUT2D eigenvalue weighted by Crippen LogP contribution is 2.28. The SMILES string of the molecule is CCOC(=O)CN[C@H](CC(=O)N1CCCC1)c1ccc2[nH]c(CNc3ccc(C(=N)N)cc3)nc2c1C. The molecule has 0 aliphatic carbocycles. The molecule has 3 aromatic rings. The standard InChI is InChI=1S/C27H35N7O3/c1-3-37-25(36)16-31-22(14-24(35)34-12-4-5-13-34)20-10-11-21-26(17(20)2)33-23(32-21)15-30-19-8-6-18(7-9-19)27(28)29/h6-11,22,30-31H,3-5,12-16H2,1-2H3,(H3,28,29)(H,32,33)/t22-/m1/s1. The quantitative estimate of drug-likeness (QED) is 0.153. The van der Waals surface area contributed by atoms with Crippen LogP contribution in [0.3, 0.4) is 0 Å². The van der Waals surface area contributed by atoms with Crippen molar-refractivity contribution >= 4 is 34.4 Å². The third-order valence-electron chi connectivity index (χ3n) is 6.67. The zero-order valence-electron chi connectivity index (χ0n) is 21.4. The second-order valence-electron chi connectivity index (χ2n) is 9.23. The first-order valence-electron chi connectivity index (χ1n) is 12.7. The van der Waals surface area contributed by atoms with Gasteiger partial charge in [-0.3, -0.25) is 20.3 Å². The number of hydrogen-bond donors (Lipinski definition) is 5. The number of ether oxygens (including phenoxy) is 1. The summed E-state index contributed by atoms with van der Waals surface area (Å²) in [6.07, 6.45) is 2.33. The zero-order chi connectivity index (χ0) is 26.4. The van der Waals surface area contributed by atoms with Crippen molar-refractivity contribution in [2.24, 2.45) is 5.73 Å². The Balaban J connectivity index is 1.52. The van der Waals surface area contributed by atoms with Crippen LogP contribution in [0.25, 0.3) is 11.0 Å². The number of amides is 1. The predicted molar refractivity (Wildman–Crippen MR) is 143 cm³/mol. The summed E-state index contributed by atoms with van der Waals surface area (Å²) in [4.78, 5) is 35.1. The van der Waals surface area contributed by atoms with Crippen molar-refractivity contribution < 1.29 is 14.3 Å². The molecule has 6 N–H and O–H groups in total. The molecule has 1 amide bonds. The number of H-pyrrole nitrogens is 1. The Morgan fingerprint density at radius 2 is 1.92 bits per heavy atom. The van der Waals surface area contributed by atoms with Crippen LogP contribution in [-0.4, -0.2) is 58.8 Å². The fraction of sp³-hybridized carbons (Fsp3) is 0.407. The number of nitrogens with one attached hydrogen (secondary N) is 4. The van der Waals surface area contributed by atoms with Crippen LogP contribution in [0.5, 0.6) is 0 Å². The molecule has 0 saturated carbocycles. The van der Waals surface area contributed by atoms with Gasteiger partial charge in [0.15, 0.2) is 0 Å². The fourth-order valence-electron chi connectivity index (χ4n) is 4.67. The highest BCUT2D eigenvalue weighted by Gasteiger charge is 2.25. The van der Waals surface area contributed by atoms with Gasteiger partial charge in [0.05, 0.1) is 30.7 Å². The monoisotopic (exact) mass is 505 g/mol. The molecular formula is C27H35N7O3. The zero-order valence-corrected chi connectivity index (χ0v) is 21.4. The molecule has 0 bridgehead atoms. The normalized spacial score (nSPS) is 14.1. The summed E-state index contributed by atoms with van der Waals surface area (Å²) < 4.78 is 5.08. The van der Waals surface area contributed by atoms with Gasteiger partial charge in [-0.15, -0.1) is 0 Å². The Bertz CT molecular complexity index is 1260. The highest BCUT2D eigenvalue weighted by atomic mass is 16.5. The Labute approximate surface area is 216 Å². The molecule has 10 heteroatoms. The molecule has 1 fully saturated rings. The fourth-order valence-corrected chi connectivity index (χ4v) is 4.67. The van der Waals surface area contributed by atoms with E-state index < -0.39 is 0 Å². The number of benzene rings is 2. The first-order valence-corrected chi connectivity index (χ1v) is 12.7. The van der Waals surface area contributed by atoms with E-state index >= 15 is 0 Å². The number of fused-ring (bicyclic) bond motifs is 1. The van der Waals surface area contributed by atoms with Crippen LogP contribution in [0.15, 0.2) is 36.4 Å². The topological polar surface area (TPSA) is 149 Å². The van der Waals surface area contributed by atoms with Gasteiger partial charge in [-0.2, -0.15) is 0 Å². The summed E-state index contributed by atoms with van der Waals surface area (Å²) in [6, 6.07) is 11.0. The van der Waals surface area contributed by atoms with Crippen LogP contribution < -0.4 is 16.4 Å². The van der Waals surface area contributed by atoms with E-state index in [0.717, 1.165) is 59.6 Å². The highest BCUT2D eigenvalue weighted by molar-refractivity contribution is 5.95. The summed E-state index contributed by atoms with van der Waals surface area (Å²) in [5.74, 6) is 0.549. The minimum atomic E-state index is -0.343. The van der Waals surface area contributed by atoms with E-state index in [0.29, 0.717) is 18.7 Å². The number of amidine groups is 1. The number of nitrogens with zero attached hydrogens (tertiary/aromatic N) is 2. The first-order chi connectivity index (χ1) is 17.9. The van der Waals surface area contributed by atoms with Crippen LogP contribution in [0.2, 0.25) is 0 Å². The first kappa shape index (κ1) is 26.2. The number of aromatic nitrogens is 2. The lowest BCUT2D eigenvalue weighted by atomic mass is 9.97. The molecule has 1 aromatic heterocycles. The summed E-state index contributed by atoms with van der Waals surface area (Å²) in [5.41, 5.74) is 10.7. The van der Waals surface area contributed by atoms with Gasteiger partial charge in [-0.1, -0.05) is 6.07 Å². The third-order valence-corrected chi connectivity index (χ3v) is 6.67. The second kappa shape index (κ2) is 11.9. The van der Waals surface area contributed by atoms with Gasteiger partial charge in [-0.25, -0.2) is 4.98 Å². The molecular weight excluding hydrogens is 470 g/mol. The van der Waals surface area contributed by atoms with Crippen molar-refractivity contribution in [3.05, 3.63) is 58.9 Å². The number of carbonyl (C=O) groups excluding carboxylic acids is 2. The number of rotatable bonds is 11. The van der Waals surface area contributed by atoms with E-state index in [1.807, 2.05) is 36.1 Å². The second-order valence-corrected chi connectivity index (χ2v) is 9.23. The molecule has 4 rings (SSSR count). The van der Waals surface area contributed by atoms with Crippen molar-refractivity contribution in [3.8, 4) is 0 Å². The number of hydrogen-bond acceptors (Lipinski definition) is 7. The minimum Gasteiger partial charge on any atom is -0.465 e. The van der Waals surface area contributed by atoms with Gasteiger partial charge in [0.25, 0.3) is 0 Å². The smallest absolute Gasteiger partial charge is 0.319 e. The van der Waals surface area contributed by atoms with Crippen LogP contribution in [-0.2, 0) is 20.9 Å². The average molecular weight is 506 g/mol. The van der Waals surface area contributed by atoms with Gasteiger partial charge < -0.3 is 25.7 Å². The Morgan fingerprint density at radius 3 is 2.59 bits per heavy atom. The van der Waals surface area contributed by atoms with Gasteiger partial charge in [0, 0.05) is 36.8 Å². The summed E-state index contributed by atoms with van der Waals surface area (Å²) in [7, 11) is 0. The molecule has 1 aliphatic rings. The molecule has 2 aromatic carbocycles. The van der Waals surface area contributed by atoms with Gasteiger partial charge in [-0.05, 0) is 68.1 Å². The number of anilines is 1. The van der Waals surface area contributed by atoms with Crippen LogP contribution in [0.4, 0.5) is 5.69 Å². The molecule has 1 aliphatic heterocycles. The number of carbonyl (C=O) groups is 2. The molecule has 0 radical (unpaired) electrons. The maximum Gasteiger partial charge on any atom is 0.319 e. The van der Waals surface area contributed by atoms with E-state index in [9.17, 15) is 9.59 Å². The molecule has 1 atom stereocenters. The van der Waals surface area contributed by atoms with Crippen molar-refractivity contribution in [1.82, 2.24) is 20.2 Å². The number of imidazole rings is 1. The minimum absolute atomic E-state index is 0.0292. The van der Waals surface area contributed by atoms with Crippen molar-refractivity contribution in [2.45, 2.75) is 45.7 Å². The lowest BCUT2D eigenvalue weighted by molar-refractivity contribution is -0.142. The largest absolute Gasteiger partial charge is 0.465 e. The number of likely N-dealkylation sites (tertiary alicyclic amines) is 1. The van der Waals surface area contributed by atoms with Gasteiger partial charge in [0.2, 0.25) is 5.91 Å². The van der Waals surface area contributed by atoms with Crippen molar-refractivity contribution in [3.63, 3.8) is 0 Å². The molecule has 0 unspecified atom stereocenters. The number of esters is 1. The average Bonchev–Trinajstić information content (AvgIpc) is 3.57. The molecule has 1 saturated heterocycles. The van der Waals surface area contributed by atoms with Crippen LogP contribution in [0, 0.1) is 12.3 Å². The lowest BCUT2D eigenvalue weighted by Gasteiger charge is -2.23. The maximum absolute atomic E-state index is 13.0. The van der Waals surface area contributed by atoms with E-state index in [2.05, 4.69) is 15.6 Å². The van der Waals surface area contributed by atoms with E-state index in [-0.39, 0.29) is 36.7 Å². The van der Waals surface area contributed by atoms with E-state index in [1.54, 1.807) is 19.1 Å². The summed E-state index contributed by atoms with van der Waals surface area (Å²) >= 11 is 0. The molecule has 10 nitrogen and oxygen atoms in total. The lowest BCUT2D eigenvalue weighted by Crippen LogP contribution is -2.35. The van der Waals surface area contributed by atoms with Gasteiger partial charge in [0.1, 0.15) is 11.7 Å². The summed E-state index contributed by atoms with van der Waals surface area (Å²) in [5, 5.41) is 14.1.